The van der Waals surface area contributed by atoms with Crippen LogP contribution in [0.1, 0.15) is 10.4 Å². The predicted octanol–water partition coefficient (Wildman–Crippen LogP) is 1.44. The summed E-state index contributed by atoms with van der Waals surface area (Å²) in [6.07, 6.45) is 0.972. The van der Waals surface area contributed by atoms with E-state index in [0.29, 0.717) is 0 Å². The van der Waals surface area contributed by atoms with E-state index in [9.17, 15) is 13.2 Å². The minimum atomic E-state index is -3.48. The van der Waals surface area contributed by atoms with Crippen LogP contribution in [-0.4, -0.2) is 25.7 Å². The van der Waals surface area contributed by atoms with Gasteiger partial charge in [0.15, 0.2) is 9.84 Å². The van der Waals surface area contributed by atoms with Crippen molar-refractivity contribution >= 4 is 27.4 Å². The summed E-state index contributed by atoms with van der Waals surface area (Å²) in [6.45, 7) is 0. The van der Waals surface area contributed by atoms with Crippen LogP contribution in [0.2, 0.25) is 5.02 Å². The Bertz CT molecular complexity index is 478. The van der Waals surface area contributed by atoms with Gasteiger partial charge in [-0.2, -0.15) is 0 Å². The molecule has 0 unspecified atom stereocenters. The number of rotatable bonds is 2. The summed E-state index contributed by atoms with van der Waals surface area (Å²) in [4.78, 5) is 10.5. The van der Waals surface area contributed by atoms with Crippen LogP contribution in [0.3, 0.4) is 0 Å². The first kappa shape index (κ1) is 11.0. The first-order valence-electron chi connectivity index (χ1n) is 3.56. The molecule has 76 valence electrons. The Morgan fingerprint density at radius 2 is 2.00 bits per heavy atom. The number of sulfone groups is 1. The van der Waals surface area contributed by atoms with Crippen molar-refractivity contribution in [3.63, 3.8) is 0 Å². The molecule has 4 nitrogen and oxygen atoms in total. The summed E-state index contributed by atoms with van der Waals surface area (Å²) in [7, 11) is -3.48. The van der Waals surface area contributed by atoms with Gasteiger partial charge >= 0.3 is 5.97 Å². The van der Waals surface area contributed by atoms with E-state index in [4.69, 9.17) is 16.7 Å². The maximum absolute atomic E-state index is 11.2. The van der Waals surface area contributed by atoms with Crippen LogP contribution < -0.4 is 0 Å². The van der Waals surface area contributed by atoms with Crippen molar-refractivity contribution in [2.24, 2.45) is 0 Å². The van der Waals surface area contributed by atoms with Crippen molar-refractivity contribution in [1.82, 2.24) is 0 Å². The van der Waals surface area contributed by atoms with E-state index < -0.39 is 15.8 Å². The lowest BCUT2D eigenvalue weighted by Crippen LogP contribution is -2.03. The quantitative estimate of drug-likeness (QED) is 0.841. The van der Waals surface area contributed by atoms with Gasteiger partial charge in [0.05, 0.1) is 15.5 Å². The van der Waals surface area contributed by atoms with Gasteiger partial charge in [0.25, 0.3) is 0 Å². The molecule has 1 rings (SSSR count). The maximum Gasteiger partial charge on any atom is 0.337 e. The van der Waals surface area contributed by atoms with Gasteiger partial charge in [0.2, 0.25) is 0 Å². The van der Waals surface area contributed by atoms with Gasteiger partial charge in [-0.1, -0.05) is 17.7 Å². The standard InChI is InChI=1S/C8H7ClO4S/c1-14(12,13)6-4-2-3-5(7(6)9)8(10)11/h2-4H,1H3,(H,10,11). The van der Waals surface area contributed by atoms with Crippen LogP contribution >= 0.6 is 11.6 Å². The summed E-state index contributed by atoms with van der Waals surface area (Å²) in [5.74, 6) is -1.25. The van der Waals surface area contributed by atoms with Gasteiger partial charge in [0.1, 0.15) is 0 Å². The van der Waals surface area contributed by atoms with Crippen molar-refractivity contribution in [1.29, 1.82) is 0 Å². The van der Waals surface area contributed by atoms with Gasteiger partial charge in [-0.15, -0.1) is 0 Å². The zero-order valence-corrected chi connectivity index (χ0v) is 8.76. The highest BCUT2D eigenvalue weighted by molar-refractivity contribution is 7.90. The van der Waals surface area contributed by atoms with Gasteiger partial charge in [0, 0.05) is 6.26 Å². The molecule has 0 amide bonds. The second-order valence-corrected chi connectivity index (χ2v) is 5.06. The molecule has 0 heterocycles. The minimum Gasteiger partial charge on any atom is -0.478 e. The van der Waals surface area contributed by atoms with E-state index in [1.54, 1.807) is 0 Å². The molecule has 0 fully saturated rings. The van der Waals surface area contributed by atoms with Gasteiger partial charge in [-0.05, 0) is 12.1 Å². The number of aromatic carboxylic acids is 1. The Labute approximate surface area is 86.0 Å². The fourth-order valence-electron chi connectivity index (χ4n) is 0.962. The maximum atomic E-state index is 11.2. The van der Waals surface area contributed by atoms with Crippen LogP contribution in [0.4, 0.5) is 0 Å². The summed E-state index contributed by atoms with van der Waals surface area (Å²) >= 11 is 5.63. The van der Waals surface area contributed by atoms with Crippen LogP contribution in [0.25, 0.3) is 0 Å². The second kappa shape index (κ2) is 3.59. The van der Waals surface area contributed by atoms with E-state index in [2.05, 4.69) is 0 Å². The van der Waals surface area contributed by atoms with E-state index in [0.717, 1.165) is 6.26 Å². The topological polar surface area (TPSA) is 71.4 Å². The average molecular weight is 235 g/mol. The zero-order chi connectivity index (χ0) is 10.9. The third-order valence-electron chi connectivity index (χ3n) is 1.59. The molecular formula is C8H7ClO4S. The molecule has 0 aromatic heterocycles. The van der Waals surface area contributed by atoms with E-state index in [1.165, 1.54) is 18.2 Å². The molecule has 0 bridgehead atoms. The SMILES string of the molecule is CS(=O)(=O)c1cccc(C(=O)O)c1Cl. The first-order valence-corrected chi connectivity index (χ1v) is 5.83. The van der Waals surface area contributed by atoms with E-state index in [1.807, 2.05) is 0 Å². The van der Waals surface area contributed by atoms with Crippen molar-refractivity contribution in [3.8, 4) is 0 Å². The summed E-state index contributed by atoms with van der Waals surface area (Å²) in [6, 6.07) is 3.86. The van der Waals surface area contributed by atoms with Crippen LogP contribution in [-0.2, 0) is 9.84 Å². The van der Waals surface area contributed by atoms with E-state index in [-0.39, 0.29) is 15.5 Å². The average Bonchev–Trinajstić information content (AvgIpc) is 2.01. The molecule has 0 aliphatic carbocycles. The van der Waals surface area contributed by atoms with Gasteiger partial charge in [-0.25, -0.2) is 13.2 Å². The Morgan fingerprint density at radius 1 is 1.43 bits per heavy atom. The van der Waals surface area contributed by atoms with Crippen molar-refractivity contribution in [3.05, 3.63) is 28.8 Å². The third kappa shape index (κ3) is 2.05. The summed E-state index contributed by atoms with van der Waals surface area (Å²) < 4.78 is 22.3. The van der Waals surface area contributed by atoms with Crippen molar-refractivity contribution in [2.45, 2.75) is 4.90 Å². The fourth-order valence-corrected chi connectivity index (χ4v) is 2.35. The van der Waals surface area contributed by atoms with Crippen LogP contribution in [0.15, 0.2) is 23.1 Å². The van der Waals surface area contributed by atoms with Gasteiger partial charge in [-0.3, -0.25) is 0 Å². The fraction of sp³-hybridized carbons (Fsp3) is 0.125. The number of hydrogen-bond acceptors (Lipinski definition) is 3. The highest BCUT2D eigenvalue weighted by Crippen LogP contribution is 2.25. The number of hydrogen-bond donors (Lipinski definition) is 1. The number of carbonyl (C=O) groups is 1. The molecule has 6 heteroatoms. The number of benzene rings is 1. The van der Waals surface area contributed by atoms with Crippen LogP contribution in [0.5, 0.6) is 0 Å². The molecule has 0 aliphatic heterocycles. The molecule has 0 aliphatic rings. The molecule has 0 atom stereocenters. The van der Waals surface area contributed by atoms with Crippen molar-refractivity contribution < 1.29 is 18.3 Å². The Balaban J connectivity index is 3.51. The molecule has 0 radical (unpaired) electrons. The van der Waals surface area contributed by atoms with Gasteiger partial charge < -0.3 is 5.11 Å². The van der Waals surface area contributed by atoms with E-state index >= 15 is 0 Å². The monoisotopic (exact) mass is 234 g/mol. The first-order chi connectivity index (χ1) is 6.34. The lowest BCUT2D eigenvalue weighted by atomic mass is 10.2. The third-order valence-corrected chi connectivity index (χ3v) is 3.25. The Kier molecular flexibility index (Phi) is 2.82. The molecule has 0 saturated heterocycles. The molecule has 0 spiro atoms. The van der Waals surface area contributed by atoms with Crippen molar-refractivity contribution in [2.75, 3.05) is 6.26 Å². The highest BCUT2D eigenvalue weighted by atomic mass is 35.5. The normalized spacial score (nSPS) is 11.3. The lowest BCUT2D eigenvalue weighted by Gasteiger charge is -2.03. The number of carboxylic acids is 1. The Morgan fingerprint density at radius 3 is 2.43 bits per heavy atom. The smallest absolute Gasteiger partial charge is 0.337 e. The predicted molar refractivity (Wildman–Crippen MR) is 51.5 cm³/mol. The molecular weight excluding hydrogens is 228 g/mol. The number of halogens is 1. The largest absolute Gasteiger partial charge is 0.478 e. The molecule has 14 heavy (non-hydrogen) atoms. The molecule has 0 saturated carbocycles. The summed E-state index contributed by atoms with van der Waals surface area (Å²) in [5.41, 5.74) is -0.213. The summed E-state index contributed by atoms with van der Waals surface area (Å²) in [5, 5.41) is 8.43. The lowest BCUT2D eigenvalue weighted by molar-refractivity contribution is 0.0697. The number of carboxylic acid groups (broad SMARTS) is 1. The minimum absolute atomic E-state index is 0.168. The molecule has 1 aromatic rings. The zero-order valence-electron chi connectivity index (χ0n) is 7.19. The second-order valence-electron chi connectivity index (χ2n) is 2.70. The highest BCUT2D eigenvalue weighted by Gasteiger charge is 2.17. The molecule has 1 N–H and O–H groups in total. The molecule has 1 aromatic carbocycles. The Hall–Kier alpha value is -1.07. The van der Waals surface area contributed by atoms with Crippen LogP contribution in [0, 0.1) is 0 Å².